The van der Waals surface area contributed by atoms with Crippen molar-refractivity contribution >= 4 is 5.69 Å². The Hall–Kier alpha value is -1.09. The van der Waals surface area contributed by atoms with E-state index in [2.05, 4.69) is 31.0 Å². The number of rotatable bonds is 3. The lowest BCUT2D eigenvalue weighted by molar-refractivity contribution is 0.373. The normalized spacial score (nSPS) is 25.4. The van der Waals surface area contributed by atoms with Gasteiger partial charge in [-0.3, -0.25) is 0 Å². The second kappa shape index (κ2) is 5.91. The van der Waals surface area contributed by atoms with E-state index in [0.717, 1.165) is 36.6 Å². The molecule has 1 aromatic carbocycles. The molecule has 106 valence electrons. The predicted octanol–water partition coefficient (Wildman–Crippen LogP) is 3.73. The molecule has 1 heterocycles. The van der Waals surface area contributed by atoms with E-state index in [4.69, 9.17) is 0 Å². The third-order valence-corrected chi connectivity index (χ3v) is 4.34. The van der Waals surface area contributed by atoms with Crippen molar-refractivity contribution in [2.45, 2.75) is 45.7 Å². The minimum Gasteiger partial charge on any atom is -0.366 e. The molecule has 3 heteroatoms. The number of nitrogens with zero attached hydrogens (tertiary/aromatic N) is 1. The molecule has 0 spiro atoms. The molecule has 0 radical (unpaired) electrons. The molecule has 1 N–H and O–H groups in total. The highest BCUT2D eigenvalue weighted by molar-refractivity contribution is 5.57. The molecule has 0 saturated carbocycles. The molecule has 0 amide bonds. The molecular weight excluding hydrogens is 239 g/mol. The standard InChI is InChI=1S/C16H25FN2/c1-11-8-9-19(12(2)10-11)16-14(13(3)18-4)6-5-7-15(16)17/h5-7,11-13,18H,8-10H2,1-4H3. The van der Waals surface area contributed by atoms with Gasteiger partial charge in [0, 0.05) is 18.6 Å². The fourth-order valence-corrected chi connectivity index (χ4v) is 3.08. The Morgan fingerprint density at radius 3 is 2.74 bits per heavy atom. The van der Waals surface area contributed by atoms with Crippen LogP contribution in [0.2, 0.25) is 0 Å². The third kappa shape index (κ3) is 2.92. The zero-order chi connectivity index (χ0) is 14.0. The highest BCUT2D eigenvalue weighted by Crippen LogP contribution is 2.34. The Balaban J connectivity index is 2.37. The zero-order valence-corrected chi connectivity index (χ0v) is 12.4. The molecule has 1 aliphatic heterocycles. The molecule has 0 aliphatic carbocycles. The third-order valence-electron chi connectivity index (χ3n) is 4.34. The van der Waals surface area contributed by atoms with Gasteiger partial charge in [-0.15, -0.1) is 0 Å². The topological polar surface area (TPSA) is 15.3 Å². The van der Waals surface area contributed by atoms with Crippen molar-refractivity contribution < 1.29 is 4.39 Å². The van der Waals surface area contributed by atoms with Crippen LogP contribution >= 0.6 is 0 Å². The number of nitrogens with one attached hydrogen (secondary N) is 1. The van der Waals surface area contributed by atoms with Gasteiger partial charge >= 0.3 is 0 Å². The smallest absolute Gasteiger partial charge is 0.146 e. The average molecular weight is 264 g/mol. The summed E-state index contributed by atoms with van der Waals surface area (Å²) in [7, 11) is 1.92. The van der Waals surface area contributed by atoms with Crippen LogP contribution in [-0.4, -0.2) is 19.6 Å². The summed E-state index contributed by atoms with van der Waals surface area (Å²) in [4.78, 5) is 2.25. The van der Waals surface area contributed by atoms with Crippen LogP contribution in [0.3, 0.4) is 0 Å². The maximum absolute atomic E-state index is 14.3. The maximum Gasteiger partial charge on any atom is 0.146 e. The van der Waals surface area contributed by atoms with Crippen LogP contribution in [0.5, 0.6) is 0 Å². The van der Waals surface area contributed by atoms with Crippen molar-refractivity contribution in [2.75, 3.05) is 18.5 Å². The Morgan fingerprint density at radius 2 is 2.11 bits per heavy atom. The summed E-state index contributed by atoms with van der Waals surface area (Å²) in [5, 5.41) is 3.22. The molecule has 19 heavy (non-hydrogen) atoms. The maximum atomic E-state index is 14.3. The lowest BCUT2D eigenvalue weighted by atomic mass is 9.91. The predicted molar refractivity (Wildman–Crippen MR) is 79.1 cm³/mol. The molecule has 1 aromatic rings. The first-order valence-corrected chi connectivity index (χ1v) is 7.27. The van der Waals surface area contributed by atoms with E-state index in [1.54, 1.807) is 12.1 Å². The van der Waals surface area contributed by atoms with Gasteiger partial charge in [0.25, 0.3) is 0 Å². The van der Waals surface area contributed by atoms with E-state index in [1.807, 2.05) is 13.1 Å². The molecule has 2 nitrogen and oxygen atoms in total. The second-order valence-electron chi connectivity index (χ2n) is 5.86. The van der Waals surface area contributed by atoms with Crippen LogP contribution in [0.25, 0.3) is 0 Å². The molecule has 0 bridgehead atoms. The van der Waals surface area contributed by atoms with E-state index >= 15 is 0 Å². The summed E-state index contributed by atoms with van der Waals surface area (Å²) in [6, 6.07) is 5.98. The van der Waals surface area contributed by atoms with Crippen LogP contribution in [0.1, 0.15) is 45.2 Å². The molecule has 3 unspecified atom stereocenters. The van der Waals surface area contributed by atoms with E-state index < -0.39 is 0 Å². The summed E-state index contributed by atoms with van der Waals surface area (Å²) >= 11 is 0. The minimum atomic E-state index is -0.0963. The van der Waals surface area contributed by atoms with Gasteiger partial charge < -0.3 is 10.2 Å². The fraction of sp³-hybridized carbons (Fsp3) is 0.625. The Morgan fingerprint density at radius 1 is 1.37 bits per heavy atom. The number of hydrogen-bond donors (Lipinski definition) is 1. The molecule has 0 aromatic heterocycles. The second-order valence-corrected chi connectivity index (χ2v) is 5.86. The fourth-order valence-electron chi connectivity index (χ4n) is 3.08. The SMILES string of the molecule is CNC(C)c1cccc(F)c1N1CCC(C)CC1C. The van der Waals surface area contributed by atoms with Gasteiger partial charge in [0.2, 0.25) is 0 Å². The molecule has 2 rings (SSSR count). The Labute approximate surface area is 116 Å². The number of halogens is 1. The highest BCUT2D eigenvalue weighted by Gasteiger charge is 2.27. The van der Waals surface area contributed by atoms with Crippen LogP contribution in [-0.2, 0) is 0 Å². The van der Waals surface area contributed by atoms with Crippen LogP contribution < -0.4 is 10.2 Å². The molecule has 3 atom stereocenters. The van der Waals surface area contributed by atoms with Crippen molar-refractivity contribution in [1.29, 1.82) is 0 Å². The lowest BCUT2D eigenvalue weighted by Crippen LogP contribution is -2.41. The Kier molecular flexibility index (Phi) is 4.46. The number of para-hydroxylation sites is 1. The van der Waals surface area contributed by atoms with Crippen LogP contribution in [0.4, 0.5) is 10.1 Å². The van der Waals surface area contributed by atoms with Crippen molar-refractivity contribution in [2.24, 2.45) is 5.92 Å². The van der Waals surface area contributed by atoms with E-state index in [1.165, 1.54) is 0 Å². The van der Waals surface area contributed by atoms with Gasteiger partial charge in [0.1, 0.15) is 5.82 Å². The monoisotopic (exact) mass is 264 g/mol. The highest BCUT2D eigenvalue weighted by atomic mass is 19.1. The average Bonchev–Trinajstić information content (AvgIpc) is 2.38. The quantitative estimate of drug-likeness (QED) is 0.895. The van der Waals surface area contributed by atoms with Crippen molar-refractivity contribution in [3.05, 3.63) is 29.6 Å². The van der Waals surface area contributed by atoms with Gasteiger partial charge in [-0.25, -0.2) is 4.39 Å². The van der Waals surface area contributed by atoms with Gasteiger partial charge in [0.15, 0.2) is 0 Å². The van der Waals surface area contributed by atoms with Crippen molar-refractivity contribution in [3.8, 4) is 0 Å². The summed E-state index contributed by atoms with van der Waals surface area (Å²) < 4.78 is 14.3. The minimum absolute atomic E-state index is 0.0963. The number of piperidine rings is 1. The summed E-state index contributed by atoms with van der Waals surface area (Å²) in [5.74, 6) is 0.643. The van der Waals surface area contributed by atoms with E-state index in [-0.39, 0.29) is 11.9 Å². The van der Waals surface area contributed by atoms with Crippen LogP contribution in [0, 0.1) is 11.7 Å². The summed E-state index contributed by atoms with van der Waals surface area (Å²) in [6.45, 7) is 7.52. The van der Waals surface area contributed by atoms with Gasteiger partial charge in [-0.2, -0.15) is 0 Å². The van der Waals surface area contributed by atoms with Gasteiger partial charge in [0.05, 0.1) is 5.69 Å². The Bertz CT molecular complexity index is 433. The first-order valence-electron chi connectivity index (χ1n) is 7.27. The molecule has 1 fully saturated rings. The van der Waals surface area contributed by atoms with Crippen molar-refractivity contribution in [3.63, 3.8) is 0 Å². The largest absolute Gasteiger partial charge is 0.366 e. The summed E-state index contributed by atoms with van der Waals surface area (Å²) in [6.07, 6.45) is 2.29. The number of benzene rings is 1. The zero-order valence-electron chi connectivity index (χ0n) is 12.4. The molecule has 1 aliphatic rings. The van der Waals surface area contributed by atoms with Gasteiger partial charge in [-0.1, -0.05) is 19.1 Å². The summed E-state index contributed by atoms with van der Waals surface area (Å²) in [5.41, 5.74) is 1.85. The van der Waals surface area contributed by atoms with Crippen LogP contribution in [0.15, 0.2) is 18.2 Å². The van der Waals surface area contributed by atoms with E-state index in [0.29, 0.717) is 6.04 Å². The molecule has 1 saturated heterocycles. The van der Waals surface area contributed by atoms with Gasteiger partial charge in [-0.05, 0) is 51.3 Å². The van der Waals surface area contributed by atoms with E-state index in [9.17, 15) is 4.39 Å². The number of anilines is 1. The van der Waals surface area contributed by atoms with Crippen molar-refractivity contribution in [1.82, 2.24) is 5.32 Å². The first-order chi connectivity index (χ1) is 9.04. The number of hydrogen-bond acceptors (Lipinski definition) is 2. The lowest BCUT2D eigenvalue weighted by Gasteiger charge is -2.40. The first kappa shape index (κ1) is 14.3. The molecular formula is C16H25FN2.